The van der Waals surface area contributed by atoms with Gasteiger partial charge in [0.25, 0.3) is 0 Å². The predicted octanol–water partition coefficient (Wildman–Crippen LogP) is 1.07. The molecule has 0 radical (unpaired) electrons. The summed E-state index contributed by atoms with van der Waals surface area (Å²) in [6.45, 7) is 4.07. The summed E-state index contributed by atoms with van der Waals surface area (Å²) < 4.78 is 1.84. The molecule has 90 valence electrons. The number of hydrogen-bond acceptors (Lipinski definition) is 3. The molecule has 17 heavy (non-hydrogen) atoms. The van der Waals surface area contributed by atoms with Crippen molar-refractivity contribution in [2.24, 2.45) is 5.73 Å². The van der Waals surface area contributed by atoms with Gasteiger partial charge in [0, 0.05) is 11.9 Å². The van der Waals surface area contributed by atoms with Gasteiger partial charge in [-0.2, -0.15) is 0 Å². The molecule has 0 aliphatic heterocycles. The fourth-order valence-corrected chi connectivity index (χ4v) is 1.93. The third kappa shape index (κ3) is 2.08. The van der Waals surface area contributed by atoms with Crippen molar-refractivity contribution >= 4 is 17.2 Å². The van der Waals surface area contributed by atoms with Crippen LogP contribution in [0.25, 0.3) is 5.65 Å². The van der Waals surface area contributed by atoms with Crippen molar-refractivity contribution < 1.29 is 4.79 Å². The van der Waals surface area contributed by atoms with Gasteiger partial charge in [-0.15, -0.1) is 0 Å². The second kappa shape index (κ2) is 4.08. The molecule has 2 aromatic rings. The van der Waals surface area contributed by atoms with Gasteiger partial charge in [-0.05, 0) is 18.1 Å². The van der Waals surface area contributed by atoms with E-state index in [1.165, 1.54) is 0 Å². The number of anilines is 1. The average molecular weight is 232 g/mol. The monoisotopic (exact) mass is 232 g/mol. The molecule has 0 saturated heterocycles. The number of hydrogen-bond donors (Lipinski definition) is 2. The van der Waals surface area contributed by atoms with Crippen molar-refractivity contribution in [2.75, 3.05) is 5.73 Å². The molecule has 2 rings (SSSR count). The first-order chi connectivity index (χ1) is 7.99. The van der Waals surface area contributed by atoms with Gasteiger partial charge in [0.05, 0.1) is 17.8 Å². The molecule has 0 atom stereocenters. The predicted molar refractivity (Wildman–Crippen MR) is 66.6 cm³/mol. The number of aromatic nitrogens is 2. The number of nitrogen functional groups attached to an aromatic ring is 1. The highest BCUT2D eigenvalue weighted by atomic mass is 16.1. The fraction of sp³-hybridized carbons (Fsp3) is 0.333. The van der Waals surface area contributed by atoms with Crippen LogP contribution < -0.4 is 11.5 Å². The zero-order valence-electron chi connectivity index (χ0n) is 9.97. The van der Waals surface area contributed by atoms with Crippen LogP contribution in [0.1, 0.15) is 31.2 Å². The maximum Gasteiger partial charge on any atom is 0.223 e. The number of nitrogens with two attached hydrogens (primary N) is 2. The lowest BCUT2D eigenvalue weighted by Crippen LogP contribution is -2.16. The van der Waals surface area contributed by atoms with Crippen molar-refractivity contribution in [1.82, 2.24) is 9.38 Å². The Bertz CT molecular complexity index is 571. The van der Waals surface area contributed by atoms with E-state index in [2.05, 4.69) is 4.98 Å². The minimum Gasteiger partial charge on any atom is -0.398 e. The third-order valence-corrected chi connectivity index (χ3v) is 2.66. The Balaban J connectivity index is 2.68. The molecule has 5 heteroatoms. The second-order valence-corrected chi connectivity index (χ2v) is 4.43. The van der Waals surface area contributed by atoms with E-state index in [-0.39, 0.29) is 18.2 Å². The fourth-order valence-electron chi connectivity index (χ4n) is 1.93. The van der Waals surface area contributed by atoms with Crippen LogP contribution in [0.15, 0.2) is 18.3 Å². The second-order valence-electron chi connectivity index (χ2n) is 4.43. The molecule has 0 aliphatic rings. The topological polar surface area (TPSA) is 86.4 Å². The molecule has 4 N–H and O–H groups in total. The highest BCUT2D eigenvalue weighted by Crippen LogP contribution is 2.22. The van der Waals surface area contributed by atoms with E-state index in [0.717, 1.165) is 17.0 Å². The van der Waals surface area contributed by atoms with Crippen molar-refractivity contribution in [3.63, 3.8) is 0 Å². The van der Waals surface area contributed by atoms with Crippen LogP contribution in [-0.2, 0) is 11.2 Å². The number of amides is 1. The van der Waals surface area contributed by atoms with Crippen molar-refractivity contribution in [3.8, 4) is 0 Å². The third-order valence-electron chi connectivity index (χ3n) is 2.66. The number of imidazole rings is 1. The largest absolute Gasteiger partial charge is 0.398 e. The summed E-state index contributed by atoms with van der Waals surface area (Å²) in [4.78, 5) is 15.6. The first-order valence-corrected chi connectivity index (χ1v) is 5.53. The lowest BCUT2D eigenvalue weighted by molar-refractivity contribution is -0.117. The maximum atomic E-state index is 11.1. The molecule has 0 saturated carbocycles. The number of fused-ring (bicyclic) bond motifs is 1. The van der Waals surface area contributed by atoms with Crippen LogP contribution in [0.2, 0.25) is 0 Å². The highest BCUT2D eigenvalue weighted by Gasteiger charge is 2.16. The molecule has 5 nitrogen and oxygen atoms in total. The number of pyridine rings is 1. The zero-order valence-corrected chi connectivity index (χ0v) is 9.97. The van der Waals surface area contributed by atoms with Crippen LogP contribution in [0.5, 0.6) is 0 Å². The van der Waals surface area contributed by atoms with E-state index in [0.29, 0.717) is 5.69 Å². The van der Waals surface area contributed by atoms with Gasteiger partial charge in [-0.3, -0.25) is 4.79 Å². The molecule has 0 aliphatic carbocycles. The lowest BCUT2D eigenvalue weighted by Gasteiger charge is -2.05. The Kier molecular flexibility index (Phi) is 2.75. The van der Waals surface area contributed by atoms with Gasteiger partial charge in [-0.1, -0.05) is 13.8 Å². The zero-order chi connectivity index (χ0) is 12.6. The quantitative estimate of drug-likeness (QED) is 0.829. The SMILES string of the molecule is CC(C)c1nc2ccc(N)cn2c1CC(N)=O. The maximum absolute atomic E-state index is 11.1. The number of carbonyl (C=O) groups is 1. The van der Waals surface area contributed by atoms with Crippen molar-refractivity contribution in [3.05, 3.63) is 29.7 Å². The molecule has 0 bridgehead atoms. The smallest absolute Gasteiger partial charge is 0.223 e. The summed E-state index contributed by atoms with van der Waals surface area (Å²) in [7, 11) is 0. The van der Waals surface area contributed by atoms with Crippen LogP contribution in [0.3, 0.4) is 0 Å². The van der Waals surface area contributed by atoms with Crippen molar-refractivity contribution in [1.29, 1.82) is 0 Å². The number of nitrogens with zero attached hydrogens (tertiary/aromatic N) is 2. The summed E-state index contributed by atoms with van der Waals surface area (Å²) in [6, 6.07) is 3.63. The van der Waals surface area contributed by atoms with Crippen LogP contribution >= 0.6 is 0 Å². The molecule has 2 aromatic heterocycles. The van der Waals surface area contributed by atoms with Gasteiger partial charge in [0.2, 0.25) is 5.91 Å². The Morgan fingerprint density at radius 1 is 1.47 bits per heavy atom. The van der Waals surface area contributed by atoms with E-state index < -0.39 is 0 Å². The van der Waals surface area contributed by atoms with Gasteiger partial charge in [-0.25, -0.2) is 4.98 Å². The van der Waals surface area contributed by atoms with Crippen LogP contribution in [0.4, 0.5) is 5.69 Å². The molecule has 0 fully saturated rings. The molecule has 1 amide bonds. The normalized spacial score (nSPS) is 11.2. The summed E-state index contributed by atoms with van der Waals surface area (Å²) in [6.07, 6.45) is 1.95. The van der Waals surface area contributed by atoms with Gasteiger partial charge in [0.15, 0.2) is 0 Å². The van der Waals surface area contributed by atoms with Gasteiger partial charge in [0.1, 0.15) is 5.65 Å². The van der Waals surface area contributed by atoms with E-state index in [9.17, 15) is 4.79 Å². The van der Waals surface area contributed by atoms with Crippen molar-refractivity contribution in [2.45, 2.75) is 26.2 Å². The Labute approximate surface area is 99.4 Å². The van der Waals surface area contributed by atoms with Gasteiger partial charge >= 0.3 is 0 Å². The van der Waals surface area contributed by atoms with E-state index in [4.69, 9.17) is 11.5 Å². The first kappa shape index (κ1) is 11.4. The average Bonchev–Trinajstić information content (AvgIpc) is 2.56. The molecule has 0 spiro atoms. The van der Waals surface area contributed by atoms with Crippen LogP contribution in [-0.4, -0.2) is 15.3 Å². The molecule has 0 unspecified atom stereocenters. The summed E-state index contributed by atoms with van der Waals surface area (Å²) >= 11 is 0. The Morgan fingerprint density at radius 2 is 2.18 bits per heavy atom. The first-order valence-electron chi connectivity index (χ1n) is 5.53. The van der Waals surface area contributed by atoms with E-state index in [1.54, 1.807) is 12.3 Å². The summed E-state index contributed by atoms with van der Waals surface area (Å²) in [5.74, 6) is -0.124. The molecule has 0 aromatic carbocycles. The number of primary amides is 1. The molecular weight excluding hydrogens is 216 g/mol. The lowest BCUT2D eigenvalue weighted by atomic mass is 10.1. The number of rotatable bonds is 3. The standard InChI is InChI=1S/C12H16N4O/c1-7(2)12-9(5-10(14)17)16-6-8(13)3-4-11(16)15-12/h3-4,6-7H,5,13H2,1-2H3,(H2,14,17). The van der Waals surface area contributed by atoms with Crippen LogP contribution in [0, 0.1) is 0 Å². The minimum absolute atomic E-state index is 0.179. The summed E-state index contributed by atoms with van der Waals surface area (Å²) in [5, 5.41) is 0. The Morgan fingerprint density at radius 3 is 2.76 bits per heavy atom. The highest BCUT2D eigenvalue weighted by molar-refractivity contribution is 5.77. The number of carbonyl (C=O) groups excluding carboxylic acids is 1. The summed E-state index contributed by atoms with van der Waals surface area (Å²) in [5.41, 5.74) is 14.2. The van der Waals surface area contributed by atoms with E-state index in [1.807, 2.05) is 24.3 Å². The molecule has 2 heterocycles. The van der Waals surface area contributed by atoms with Gasteiger partial charge < -0.3 is 15.9 Å². The Hall–Kier alpha value is -2.04. The van der Waals surface area contributed by atoms with E-state index >= 15 is 0 Å². The molecular formula is C12H16N4O. The minimum atomic E-state index is -0.365.